The number of methoxy groups -OCH3 is 1. The van der Waals surface area contributed by atoms with Crippen molar-refractivity contribution in [1.29, 1.82) is 0 Å². The van der Waals surface area contributed by atoms with Gasteiger partial charge >= 0.3 is 18.2 Å². The normalized spacial score (nSPS) is 13.9. The Morgan fingerprint density at radius 1 is 1.20 bits per heavy atom. The molecule has 0 saturated heterocycles. The maximum Gasteiger partial charge on any atom is 0.416 e. The smallest absolute Gasteiger partial charge is 0.416 e. The van der Waals surface area contributed by atoms with Gasteiger partial charge < -0.3 is 19.4 Å². The lowest BCUT2D eigenvalue weighted by Gasteiger charge is -2.27. The van der Waals surface area contributed by atoms with Gasteiger partial charge in [0.25, 0.3) is 0 Å². The van der Waals surface area contributed by atoms with E-state index in [0.717, 1.165) is 24.1 Å². The molecule has 0 atom stereocenters. The lowest BCUT2D eigenvalue weighted by atomic mass is 10.0. The molecule has 0 bridgehead atoms. The number of amides is 2. The molecule has 0 saturated carbocycles. The van der Waals surface area contributed by atoms with E-state index in [2.05, 4.69) is 20.0 Å². The molecule has 2 aromatic heterocycles. The third-order valence-corrected chi connectivity index (χ3v) is 5.60. The highest BCUT2D eigenvalue weighted by atomic mass is 35.5. The predicted molar refractivity (Wildman–Crippen MR) is 121 cm³/mol. The average Bonchev–Trinajstić information content (AvgIpc) is 3.33. The first-order valence-corrected chi connectivity index (χ1v) is 10.7. The molecular weight excluding hydrogens is 489 g/mol. The third kappa shape index (κ3) is 5.29. The largest absolute Gasteiger partial charge is 0.464 e. The summed E-state index contributed by atoms with van der Waals surface area (Å²) >= 11 is 6.44. The molecule has 1 aromatic carbocycles. The highest BCUT2D eigenvalue weighted by molar-refractivity contribution is 6.32. The number of ether oxygens (including phenoxy) is 1. The third-order valence-electron chi connectivity index (χ3n) is 5.31. The van der Waals surface area contributed by atoms with Crippen molar-refractivity contribution in [2.45, 2.75) is 12.6 Å². The van der Waals surface area contributed by atoms with Crippen molar-refractivity contribution in [2.24, 2.45) is 0 Å². The molecule has 0 fully saturated rings. The summed E-state index contributed by atoms with van der Waals surface area (Å²) < 4.78 is 48.1. The molecule has 0 radical (unpaired) electrons. The standard InChI is InChI=1S/C23H18ClF3N4O4/c1-34-21(32)19-20(35-12-29-19)14-10-17(24)18(28-11-14)13-6-8-31(9-7-13)22(33)30-16-4-2-15(3-5-16)23(25,26)27/h2-6,10-12H,7-9H2,1H3,(H,30,33). The van der Waals surface area contributed by atoms with Crippen LogP contribution >= 0.6 is 11.6 Å². The molecule has 1 N–H and O–H groups in total. The van der Waals surface area contributed by atoms with E-state index in [9.17, 15) is 22.8 Å². The van der Waals surface area contributed by atoms with Gasteiger partial charge in [0.2, 0.25) is 0 Å². The van der Waals surface area contributed by atoms with Gasteiger partial charge in [-0.25, -0.2) is 14.6 Å². The number of rotatable bonds is 4. The second-order valence-corrected chi connectivity index (χ2v) is 7.91. The number of nitrogens with one attached hydrogen (secondary N) is 1. The molecule has 12 heteroatoms. The first-order valence-electron chi connectivity index (χ1n) is 10.3. The zero-order valence-electron chi connectivity index (χ0n) is 18.2. The van der Waals surface area contributed by atoms with Crippen LogP contribution in [0.1, 0.15) is 28.2 Å². The molecule has 1 aliphatic rings. The van der Waals surface area contributed by atoms with Crippen molar-refractivity contribution in [3.63, 3.8) is 0 Å². The van der Waals surface area contributed by atoms with Crippen LogP contribution in [0.5, 0.6) is 0 Å². The van der Waals surface area contributed by atoms with E-state index in [4.69, 9.17) is 16.0 Å². The number of nitrogens with zero attached hydrogens (tertiary/aromatic N) is 3. The molecule has 3 aromatic rings. The number of esters is 1. The average molecular weight is 507 g/mol. The summed E-state index contributed by atoms with van der Waals surface area (Å²) in [5.41, 5.74) is 1.27. The number of aromatic nitrogens is 2. The molecule has 182 valence electrons. The number of oxazole rings is 1. The van der Waals surface area contributed by atoms with Crippen molar-refractivity contribution < 1.29 is 31.9 Å². The van der Waals surface area contributed by atoms with Crippen LogP contribution < -0.4 is 5.32 Å². The van der Waals surface area contributed by atoms with Crippen LogP contribution in [0.2, 0.25) is 5.02 Å². The van der Waals surface area contributed by atoms with E-state index in [1.807, 2.05) is 0 Å². The molecule has 0 unspecified atom stereocenters. The van der Waals surface area contributed by atoms with Gasteiger partial charge in [0.1, 0.15) is 0 Å². The first-order chi connectivity index (χ1) is 16.7. The molecular formula is C23H18ClF3N4O4. The predicted octanol–water partition coefficient (Wildman–Crippen LogP) is 5.52. The fourth-order valence-electron chi connectivity index (χ4n) is 3.51. The highest BCUT2D eigenvalue weighted by Crippen LogP contribution is 2.32. The Morgan fingerprint density at radius 3 is 2.54 bits per heavy atom. The first kappa shape index (κ1) is 24.3. The topological polar surface area (TPSA) is 97.6 Å². The van der Waals surface area contributed by atoms with Gasteiger partial charge in [-0.3, -0.25) is 4.98 Å². The maximum absolute atomic E-state index is 12.7. The molecule has 4 rings (SSSR count). The Morgan fingerprint density at radius 2 is 1.94 bits per heavy atom. The van der Waals surface area contributed by atoms with E-state index in [-0.39, 0.29) is 23.7 Å². The lowest BCUT2D eigenvalue weighted by Crippen LogP contribution is -2.38. The van der Waals surface area contributed by atoms with E-state index in [1.54, 1.807) is 12.1 Å². The molecule has 3 heterocycles. The van der Waals surface area contributed by atoms with Crippen LogP contribution in [0.4, 0.5) is 23.7 Å². The molecule has 8 nitrogen and oxygen atoms in total. The molecule has 0 aliphatic carbocycles. The van der Waals surface area contributed by atoms with E-state index >= 15 is 0 Å². The van der Waals surface area contributed by atoms with Gasteiger partial charge in [-0.15, -0.1) is 0 Å². The van der Waals surface area contributed by atoms with Gasteiger partial charge in [0.15, 0.2) is 17.8 Å². The SMILES string of the molecule is COC(=O)c1ncoc1-c1cnc(C2=CCN(C(=O)Nc3ccc(C(F)(F)F)cc3)CC2)c(Cl)c1. The number of urea groups is 1. The summed E-state index contributed by atoms with van der Waals surface area (Å²) in [7, 11) is 1.23. The summed E-state index contributed by atoms with van der Waals surface area (Å²) in [4.78, 5) is 34.1. The molecule has 0 spiro atoms. The Kier molecular flexibility index (Phi) is 6.79. The number of hydrogen-bond acceptors (Lipinski definition) is 6. The zero-order chi connectivity index (χ0) is 25.2. The summed E-state index contributed by atoms with van der Waals surface area (Å²) in [6.45, 7) is 0.614. The fraction of sp³-hybridized carbons (Fsp3) is 0.217. The van der Waals surface area contributed by atoms with Crippen LogP contribution in [0.3, 0.4) is 0 Å². The Bertz CT molecular complexity index is 1290. The van der Waals surface area contributed by atoms with Gasteiger partial charge in [0.05, 0.1) is 23.4 Å². The number of pyridine rings is 1. The number of carbonyl (C=O) groups is 2. The van der Waals surface area contributed by atoms with Crippen molar-refractivity contribution in [3.8, 4) is 11.3 Å². The quantitative estimate of drug-likeness (QED) is 0.468. The molecule has 2 amide bonds. The summed E-state index contributed by atoms with van der Waals surface area (Å²) in [6, 6.07) is 5.40. The Balaban J connectivity index is 1.43. The van der Waals surface area contributed by atoms with Crippen molar-refractivity contribution >= 4 is 34.9 Å². The van der Waals surface area contributed by atoms with Crippen molar-refractivity contribution in [1.82, 2.24) is 14.9 Å². The minimum absolute atomic E-state index is 0.00435. The number of alkyl halides is 3. The Hall–Kier alpha value is -3.86. The fourth-order valence-corrected chi connectivity index (χ4v) is 3.79. The second kappa shape index (κ2) is 9.79. The van der Waals surface area contributed by atoms with Crippen molar-refractivity contribution in [3.05, 3.63) is 71.0 Å². The molecule has 1 aliphatic heterocycles. The minimum atomic E-state index is -4.44. The maximum atomic E-state index is 12.7. The van der Waals surface area contributed by atoms with E-state index in [1.165, 1.54) is 30.3 Å². The van der Waals surface area contributed by atoms with Crippen LogP contribution in [0, 0.1) is 0 Å². The van der Waals surface area contributed by atoms with Crippen LogP contribution in [-0.2, 0) is 10.9 Å². The van der Waals surface area contributed by atoms with Crippen molar-refractivity contribution in [2.75, 3.05) is 25.5 Å². The summed E-state index contributed by atoms with van der Waals surface area (Å²) in [5, 5.41) is 2.92. The monoisotopic (exact) mass is 506 g/mol. The molecule has 35 heavy (non-hydrogen) atoms. The summed E-state index contributed by atoms with van der Waals surface area (Å²) in [6.07, 6.45) is 0.443. The van der Waals surface area contributed by atoms with E-state index in [0.29, 0.717) is 29.2 Å². The van der Waals surface area contributed by atoms with Gasteiger partial charge in [-0.05, 0) is 42.3 Å². The van der Waals surface area contributed by atoms with Crippen LogP contribution in [-0.4, -0.2) is 47.1 Å². The van der Waals surface area contributed by atoms with Gasteiger partial charge in [0, 0.05) is 30.5 Å². The number of anilines is 1. The van der Waals surface area contributed by atoms with Gasteiger partial charge in [-0.1, -0.05) is 17.7 Å². The van der Waals surface area contributed by atoms with Crippen LogP contribution in [0.25, 0.3) is 16.9 Å². The lowest BCUT2D eigenvalue weighted by molar-refractivity contribution is -0.137. The van der Waals surface area contributed by atoms with Gasteiger partial charge in [-0.2, -0.15) is 13.2 Å². The minimum Gasteiger partial charge on any atom is -0.464 e. The second-order valence-electron chi connectivity index (χ2n) is 7.51. The Labute approximate surface area is 202 Å². The van der Waals surface area contributed by atoms with E-state index < -0.39 is 23.7 Å². The number of carbonyl (C=O) groups excluding carboxylic acids is 2. The van der Waals surface area contributed by atoms with Crippen LogP contribution in [0.15, 0.2) is 53.4 Å². The summed E-state index contributed by atoms with van der Waals surface area (Å²) in [5.74, 6) is -0.472. The number of hydrogen-bond donors (Lipinski definition) is 1. The zero-order valence-corrected chi connectivity index (χ0v) is 19.0. The highest BCUT2D eigenvalue weighted by Gasteiger charge is 2.30. The number of benzene rings is 1. The number of halogens is 4.